The van der Waals surface area contributed by atoms with Crippen LogP contribution >= 0.6 is 23.1 Å². The average molecular weight is 538 g/mol. The molecular weight excluding hydrogens is 510 g/mol. The topological polar surface area (TPSA) is 55.2 Å². The molecule has 3 aromatic carbocycles. The first-order chi connectivity index (χ1) is 18.6. The maximum atomic E-state index is 14.0. The number of Topliss-reactive ketones (excluding diaryl/α,β-unsaturated/α-hetero) is 1. The Morgan fingerprint density at radius 3 is 2.42 bits per heavy atom. The van der Waals surface area contributed by atoms with Gasteiger partial charge >= 0.3 is 0 Å². The number of aryl methyl sites for hydroxylation is 1. The van der Waals surface area contributed by atoms with E-state index in [9.17, 15) is 9.59 Å². The molecular formula is C31H27N3O2S2. The van der Waals surface area contributed by atoms with Crippen LogP contribution < -0.4 is 5.56 Å². The Kier molecular flexibility index (Phi) is 6.98. The number of rotatable bonds is 7. The standard InChI is InChI=1S/C31H27N3O2S2/c1-21-12-14-23(15-13-21)26(35)20-37-31-32-29-28(30(36)34(31)24-10-6-3-7-11-24)25-16-17-33(19-27(25)38-29)18-22-8-4-2-5-9-22/h2-15H,16-20H2,1H3. The second-order valence-corrected chi connectivity index (χ2v) is 11.6. The summed E-state index contributed by atoms with van der Waals surface area (Å²) in [6.45, 7) is 4.60. The number of carbonyl (C=O) groups is 1. The minimum absolute atomic E-state index is 0.0194. The zero-order valence-electron chi connectivity index (χ0n) is 21.1. The summed E-state index contributed by atoms with van der Waals surface area (Å²) in [5, 5.41) is 1.27. The Labute approximate surface area is 229 Å². The van der Waals surface area contributed by atoms with Gasteiger partial charge in [0, 0.05) is 30.1 Å². The van der Waals surface area contributed by atoms with Gasteiger partial charge in [-0.05, 0) is 36.6 Å². The fourth-order valence-corrected chi connectivity index (χ4v) is 7.12. The maximum Gasteiger partial charge on any atom is 0.267 e. The number of thioether (sulfide) groups is 1. The SMILES string of the molecule is Cc1ccc(C(=O)CSc2nc3sc4c(c3c(=O)n2-c2ccccc2)CCN(Cc2ccccc2)C4)cc1. The highest BCUT2D eigenvalue weighted by atomic mass is 32.2. The van der Waals surface area contributed by atoms with Crippen LogP contribution in [0, 0.1) is 6.92 Å². The van der Waals surface area contributed by atoms with Gasteiger partial charge in [0.15, 0.2) is 10.9 Å². The monoisotopic (exact) mass is 537 g/mol. The first-order valence-electron chi connectivity index (χ1n) is 12.7. The van der Waals surface area contributed by atoms with Gasteiger partial charge in [-0.15, -0.1) is 11.3 Å². The molecule has 0 spiro atoms. The van der Waals surface area contributed by atoms with E-state index < -0.39 is 0 Å². The molecule has 0 atom stereocenters. The van der Waals surface area contributed by atoms with E-state index in [-0.39, 0.29) is 17.1 Å². The van der Waals surface area contributed by atoms with Crippen LogP contribution in [0.4, 0.5) is 0 Å². The summed E-state index contributed by atoms with van der Waals surface area (Å²) in [6.07, 6.45) is 0.826. The van der Waals surface area contributed by atoms with Gasteiger partial charge in [-0.2, -0.15) is 0 Å². The Morgan fingerprint density at radius 2 is 1.68 bits per heavy atom. The molecule has 0 amide bonds. The molecule has 0 N–H and O–H groups in total. The third-order valence-electron chi connectivity index (χ3n) is 6.89. The maximum absolute atomic E-state index is 14.0. The summed E-state index contributed by atoms with van der Waals surface area (Å²) in [5.74, 6) is 0.232. The number of aromatic nitrogens is 2. The van der Waals surface area contributed by atoms with Crippen molar-refractivity contribution in [3.63, 3.8) is 0 Å². The lowest BCUT2D eigenvalue weighted by Crippen LogP contribution is -2.30. The normalized spacial score (nSPS) is 13.5. The van der Waals surface area contributed by atoms with E-state index >= 15 is 0 Å². The van der Waals surface area contributed by atoms with E-state index in [0.717, 1.165) is 53.1 Å². The van der Waals surface area contributed by atoms with Crippen LogP contribution in [0.5, 0.6) is 0 Å². The van der Waals surface area contributed by atoms with Crippen LogP contribution in [0.15, 0.2) is 94.9 Å². The number of hydrogen-bond donors (Lipinski definition) is 0. The largest absolute Gasteiger partial charge is 0.294 e. The minimum Gasteiger partial charge on any atom is -0.294 e. The molecule has 0 fully saturated rings. The molecule has 6 rings (SSSR count). The van der Waals surface area contributed by atoms with Gasteiger partial charge in [-0.1, -0.05) is 90.1 Å². The first kappa shape index (κ1) is 24.8. The second kappa shape index (κ2) is 10.7. The molecule has 5 nitrogen and oxygen atoms in total. The molecule has 38 heavy (non-hydrogen) atoms. The van der Waals surface area contributed by atoms with Gasteiger partial charge in [0.25, 0.3) is 5.56 Å². The van der Waals surface area contributed by atoms with Gasteiger partial charge < -0.3 is 0 Å². The molecule has 1 aliphatic rings. The lowest BCUT2D eigenvalue weighted by atomic mass is 10.0. The van der Waals surface area contributed by atoms with Gasteiger partial charge in [0.05, 0.1) is 16.8 Å². The molecule has 3 heterocycles. The number of fused-ring (bicyclic) bond motifs is 3. The predicted molar refractivity (Wildman–Crippen MR) is 156 cm³/mol. The van der Waals surface area contributed by atoms with Gasteiger partial charge in [-0.3, -0.25) is 19.1 Å². The zero-order valence-corrected chi connectivity index (χ0v) is 22.7. The quantitative estimate of drug-likeness (QED) is 0.139. The molecule has 190 valence electrons. The lowest BCUT2D eigenvalue weighted by molar-refractivity contribution is 0.102. The molecule has 1 aliphatic heterocycles. The van der Waals surface area contributed by atoms with Crippen molar-refractivity contribution in [3.8, 4) is 5.69 Å². The molecule has 7 heteroatoms. The van der Waals surface area contributed by atoms with E-state index in [0.29, 0.717) is 10.7 Å². The van der Waals surface area contributed by atoms with Crippen molar-refractivity contribution < 1.29 is 4.79 Å². The van der Waals surface area contributed by atoms with Crippen LogP contribution in [0.2, 0.25) is 0 Å². The molecule has 2 aromatic heterocycles. The third-order valence-corrected chi connectivity index (χ3v) is 8.94. The number of hydrogen-bond acceptors (Lipinski definition) is 6. The lowest BCUT2D eigenvalue weighted by Gasteiger charge is -2.26. The van der Waals surface area contributed by atoms with Crippen molar-refractivity contribution in [1.82, 2.24) is 14.5 Å². The van der Waals surface area contributed by atoms with E-state index in [1.807, 2.05) is 67.6 Å². The average Bonchev–Trinajstić information content (AvgIpc) is 3.31. The fourth-order valence-electron chi connectivity index (χ4n) is 4.91. The Bertz CT molecular complexity index is 1660. The Hall–Kier alpha value is -3.52. The number of carbonyl (C=O) groups excluding carboxylic acids is 1. The summed E-state index contributed by atoms with van der Waals surface area (Å²) >= 11 is 2.94. The first-order valence-corrected chi connectivity index (χ1v) is 14.5. The van der Waals surface area contributed by atoms with E-state index in [2.05, 4.69) is 29.2 Å². The van der Waals surface area contributed by atoms with Crippen molar-refractivity contribution in [2.45, 2.75) is 31.6 Å². The summed E-state index contributed by atoms with van der Waals surface area (Å²) in [4.78, 5) is 36.3. The highest BCUT2D eigenvalue weighted by Gasteiger charge is 2.26. The smallest absolute Gasteiger partial charge is 0.267 e. The van der Waals surface area contributed by atoms with Crippen molar-refractivity contribution in [2.24, 2.45) is 0 Å². The second-order valence-electron chi connectivity index (χ2n) is 9.58. The van der Waals surface area contributed by atoms with Crippen molar-refractivity contribution >= 4 is 39.1 Å². The summed E-state index contributed by atoms with van der Waals surface area (Å²) in [6, 6.07) is 27.7. The van der Waals surface area contributed by atoms with Crippen LogP contribution in [-0.4, -0.2) is 32.5 Å². The predicted octanol–water partition coefficient (Wildman–Crippen LogP) is 6.29. The van der Waals surface area contributed by atoms with Crippen LogP contribution in [0.25, 0.3) is 15.9 Å². The molecule has 0 saturated carbocycles. The number of thiophene rings is 1. The van der Waals surface area contributed by atoms with Crippen molar-refractivity contribution in [2.75, 3.05) is 12.3 Å². The van der Waals surface area contributed by atoms with Crippen LogP contribution in [-0.2, 0) is 19.5 Å². The summed E-state index contributed by atoms with van der Waals surface area (Å²) in [5.41, 5.74) is 4.91. The number of nitrogens with zero attached hydrogens (tertiary/aromatic N) is 3. The third kappa shape index (κ3) is 4.97. The highest BCUT2D eigenvalue weighted by Crippen LogP contribution is 2.35. The number of benzene rings is 3. The van der Waals surface area contributed by atoms with E-state index in [1.165, 1.54) is 22.2 Å². The van der Waals surface area contributed by atoms with E-state index in [4.69, 9.17) is 4.98 Å². The Morgan fingerprint density at radius 1 is 0.974 bits per heavy atom. The number of ketones is 1. The Balaban J connectivity index is 1.35. The van der Waals surface area contributed by atoms with Crippen molar-refractivity contribution in [3.05, 3.63) is 122 Å². The molecule has 0 unspecified atom stereocenters. The van der Waals surface area contributed by atoms with Gasteiger partial charge in [0.2, 0.25) is 0 Å². The minimum atomic E-state index is -0.0551. The van der Waals surface area contributed by atoms with Crippen molar-refractivity contribution in [1.29, 1.82) is 0 Å². The zero-order chi connectivity index (χ0) is 26.1. The molecule has 0 aliphatic carbocycles. The summed E-state index contributed by atoms with van der Waals surface area (Å²) in [7, 11) is 0. The fraction of sp³-hybridized carbons (Fsp3) is 0.194. The van der Waals surface area contributed by atoms with E-state index in [1.54, 1.807) is 15.9 Å². The molecule has 0 radical (unpaired) electrons. The van der Waals surface area contributed by atoms with Crippen LogP contribution in [0.3, 0.4) is 0 Å². The molecule has 0 bridgehead atoms. The number of para-hydroxylation sites is 1. The van der Waals surface area contributed by atoms with Gasteiger partial charge in [-0.25, -0.2) is 4.98 Å². The van der Waals surface area contributed by atoms with Gasteiger partial charge in [0.1, 0.15) is 4.83 Å². The summed E-state index contributed by atoms with van der Waals surface area (Å²) < 4.78 is 1.68. The molecule has 0 saturated heterocycles. The highest BCUT2D eigenvalue weighted by molar-refractivity contribution is 7.99. The molecule has 5 aromatic rings. The van der Waals surface area contributed by atoms with Crippen LogP contribution in [0.1, 0.15) is 31.9 Å².